The third-order valence-electron chi connectivity index (χ3n) is 2.54. The van der Waals surface area contributed by atoms with E-state index < -0.39 is 5.97 Å². The summed E-state index contributed by atoms with van der Waals surface area (Å²) in [6.45, 7) is 0.813. The molecule has 102 valence electrons. The van der Waals surface area contributed by atoms with E-state index in [9.17, 15) is 4.79 Å². The predicted octanol–water partition coefficient (Wildman–Crippen LogP) is 2.14. The van der Waals surface area contributed by atoms with Crippen molar-refractivity contribution in [1.82, 2.24) is 14.9 Å². The number of aromatic amines is 1. The number of aliphatic carboxylic acids is 1. The normalized spacial score (nSPS) is 11.1. The second-order valence-corrected chi connectivity index (χ2v) is 4.39. The summed E-state index contributed by atoms with van der Waals surface area (Å²) in [6.07, 6.45) is 6.24. The number of pyridine rings is 1. The summed E-state index contributed by atoms with van der Waals surface area (Å²) in [5.41, 5.74) is 2.75. The number of nitrogens with one attached hydrogen (secondary N) is 1. The van der Waals surface area contributed by atoms with Crippen LogP contribution in [-0.2, 0) is 11.3 Å². The molecule has 0 fully saturated rings. The monoisotopic (exact) mass is 281 g/mol. The molecule has 0 amide bonds. The number of aromatic nitrogens is 2. The molecule has 2 aromatic heterocycles. The van der Waals surface area contributed by atoms with E-state index in [1.54, 1.807) is 12.3 Å². The molecule has 2 N–H and O–H groups in total. The van der Waals surface area contributed by atoms with Gasteiger partial charge in [-0.15, -0.1) is 12.4 Å². The molecule has 0 radical (unpaired) electrons. The number of nitrogens with zero attached hydrogens (tertiary/aromatic N) is 2. The molecule has 0 bridgehead atoms. The Morgan fingerprint density at radius 3 is 2.89 bits per heavy atom. The van der Waals surface area contributed by atoms with Gasteiger partial charge < -0.3 is 15.0 Å². The Morgan fingerprint density at radius 1 is 1.53 bits per heavy atom. The highest BCUT2D eigenvalue weighted by Crippen LogP contribution is 2.19. The fraction of sp³-hybridized carbons (Fsp3) is 0.231. The number of rotatable bonds is 4. The van der Waals surface area contributed by atoms with Crippen molar-refractivity contribution in [1.29, 1.82) is 0 Å². The molecule has 2 rings (SSSR count). The maximum Gasteiger partial charge on any atom is 0.328 e. The zero-order valence-corrected chi connectivity index (χ0v) is 11.6. The Bertz CT molecular complexity index is 605. The number of carbonyl (C=O) groups is 1. The van der Waals surface area contributed by atoms with Crippen molar-refractivity contribution in [3.05, 3.63) is 35.7 Å². The second-order valence-electron chi connectivity index (χ2n) is 4.39. The molecule has 6 heteroatoms. The Balaban J connectivity index is 0.00000180. The lowest BCUT2D eigenvalue weighted by Gasteiger charge is -2.07. The van der Waals surface area contributed by atoms with Gasteiger partial charge in [-0.05, 0) is 37.4 Å². The van der Waals surface area contributed by atoms with E-state index in [0.29, 0.717) is 0 Å². The minimum Gasteiger partial charge on any atom is -0.478 e. The van der Waals surface area contributed by atoms with E-state index >= 15 is 0 Å². The van der Waals surface area contributed by atoms with E-state index in [4.69, 9.17) is 5.11 Å². The van der Waals surface area contributed by atoms with Crippen LogP contribution in [0.25, 0.3) is 17.1 Å². The average molecular weight is 282 g/mol. The van der Waals surface area contributed by atoms with Crippen LogP contribution in [0.15, 0.2) is 24.5 Å². The van der Waals surface area contributed by atoms with E-state index in [-0.39, 0.29) is 12.4 Å². The minimum atomic E-state index is -0.960. The molecule has 19 heavy (non-hydrogen) atoms. The third-order valence-corrected chi connectivity index (χ3v) is 2.54. The molecule has 0 aromatic carbocycles. The summed E-state index contributed by atoms with van der Waals surface area (Å²) in [7, 11) is 4.00. The number of H-pyrrole nitrogens is 1. The van der Waals surface area contributed by atoms with Gasteiger partial charge in [-0.2, -0.15) is 0 Å². The quantitative estimate of drug-likeness (QED) is 0.843. The summed E-state index contributed by atoms with van der Waals surface area (Å²) >= 11 is 0. The van der Waals surface area contributed by atoms with Crippen LogP contribution in [0, 0.1) is 0 Å². The fourth-order valence-electron chi connectivity index (χ4n) is 1.80. The van der Waals surface area contributed by atoms with Gasteiger partial charge in [0.15, 0.2) is 0 Å². The molecule has 0 saturated heterocycles. The zero-order chi connectivity index (χ0) is 13.1. The van der Waals surface area contributed by atoms with Crippen molar-refractivity contribution in [3.63, 3.8) is 0 Å². The van der Waals surface area contributed by atoms with Gasteiger partial charge >= 0.3 is 5.97 Å². The van der Waals surface area contributed by atoms with Crippen molar-refractivity contribution >= 4 is 35.5 Å². The maximum absolute atomic E-state index is 10.5. The van der Waals surface area contributed by atoms with Gasteiger partial charge in [-0.1, -0.05) is 0 Å². The number of carboxylic acids is 1. The van der Waals surface area contributed by atoms with Crippen molar-refractivity contribution in [3.8, 4) is 0 Å². The highest BCUT2D eigenvalue weighted by atomic mass is 35.5. The summed E-state index contributed by atoms with van der Waals surface area (Å²) < 4.78 is 0. The van der Waals surface area contributed by atoms with Gasteiger partial charge in [0.1, 0.15) is 5.65 Å². The Morgan fingerprint density at radius 2 is 2.26 bits per heavy atom. The molecule has 0 saturated carbocycles. The smallest absolute Gasteiger partial charge is 0.328 e. The molecular weight excluding hydrogens is 266 g/mol. The first-order chi connectivity index (χ1) is 8.56. The van der Waals surface area contributed by atoms with Crippen molar-refractivity contribution in [2.75, 3.05) is 14.1 Å². The summed E-state index contributed by atoms with van der Waals surface area (Å²) in [4.78, 5) is 19.9. The fourth-order valence-corrected chi connectivity index (χ4v) is 1.80. The van der Waals surface area contributed by atoms with Gasteiger partial charge in [0.2, 0.25) is 0 Å². The van der Waals surface area contributed by atoms with Crippen LogP contribution < -0.4 is 0 Å². The Labute approximate surface area is 117 Å². The van der Waals surface area contributed by atoms with Crippen LogP contribution in [0.2, 0.25) is 0 Å². The van der Waals surface area contributed by atoms with Crippen molar-refractivity contribution < 1.29 is 9.90 Å². The summed E-state index contributed by atoms with van der Waals surface area (Å²) in [6, 6.07) is 1.94. The number of halogens is 1. The summed E-state index contributed by atoms with van der Waals surface area (Å²) in [5, 5.41) is 9.63. The van der Waals surface area contributed by atoms with E-state index in [1.807, 2.05) is 26.4 Å². The summed E-state index contributed by atoms with van der Waals surface area (Å²) in [5.74, 6) is -0.960. The minimum absolute atomic E-state index is 0. The van der Waals surface area contributed by atoms with Crippen LogP contribution in [0.1, 0.15) is 11.1 Å². The third kappa shape index (κ3) is 3.81. The van der Waals surface area contributed by atoms with Gasteiger partial charge in [0.25, 0.3) is 0 Å². The predicted molar refractivity (Wildman–Crippen MR) is 77.4 cm³/mol. The zero-order valence-electron chi connectivity index (χ0n) is 10.8. The number of hydrogen-bond acceptors (Lipinski definition) is 3. The molecule has 0 aliphatic carbocycles. The largest absolute Gasteiger partial charge is 0.478 e. The van der Waals surface area contributed by atoms with Crippen LogP contribution in [0.5, 0.6) is 0 Å². The first kappa shape index (κ1) is 15.2. The molecular formula is C13H16ClN3O2. The SMILES string of the molecule is CN(C)Cc1c[nH]c2ncc(C=CC(=O)O)cc12.Cl. The van der Waals surface area contributed by atoms with Gasteiger partial charge in [0.05, 0.1) is 0 Å². The number of hydrogen-bond donors (Lipinski definition) is 2. The molecule has 0 spiro atoms. The Kier molecular flexibility index (Phi) is 5.09. The lowest BCUT2D eigenvalue weighted by atomic mass is 10.1. The number of fused-ring (bicyclic) bond motifs is 1. The average Bonchev–Trinajstić information content (AvgIpc) is 2.68. The molecule has 2 heterocycles. The molecule has 0 aliphatic heterocycles. The number of carboxylic acid groups (broad SMARTS) is 1. The van der Waals surface area contributed by atoms with E-state index in [0.717, 1.165) is 34.8 Å². The Hall–Kier alpha value is -1.85. The van der Waals surface area contributed by atoms with Gasteiger partial charge in [-0.3, -0.25) is 0 Å². The first-order valence-electron chi connectivity index (χ1n) is 5.58. The second kappa shape index (κ2) is 6.36. The van der Waals surface area contributed by atoms with Crippen LogP contribution in [0.4, 0.5) is 0 Å². The first-order valence-corrected chi connectivity index (χ1v) is 5.58. The molecule has 0 aliphatic rings. The standard InChI is InChI=1S/C13H15N3O2.ClH/c1-16(2)8-10-7-15-13-11(10)5-9(6-14-13)3-4-12(17)18;/h3-7H,8H2,1-2H3,(H,14,15)(H,17,18);1H. The molecule has 0 unspecified atom stereocenters. The molecule has 2 aromatic rings. The lowest BCUT2D eigenvalue weighted by Crippen LogP contribution is -2.10. The van der Waals surface area contributed by atoms with Gasteiger partial charge in [-0.25, -0.2) is 9.78 Å². The van der Waals surface area contributed by atoms with E-state index in [2.05, 4.69) is 14.9 Å². The highest BCUT2D eigenvalue weighted by molar-refractivity contribution is 5.87. The van der Waals surface area contributed by atoms with Crippen LogP contribution in [0.3, 0.4) is 0 Å². The van der Waals surface area contributed by atoms with Crippen molar-refractivity contribution in [2.24, 2.45) is 0 Å². The van der Waals surface area contributed by atoms with E-state index in [1.165, 1.54) is 0 Å². The highest BCUT2D eigenvalue weighted by Gasteiger charge is 2.06. The van der Waals surface area contributed by atoms with Crippen molar-refractivity contribution in [2.45, 2.75) is 6.54 Å². The van der Waals surface area contributed by atoms with Crippen LogP contribution in [-0.4, -0.2) is 40.0 Å². The molecule has 5 nitrogen and oxygen atoms in total. The maximum atomic E-state index is 10.5. The topological polar surface area (TPSA) is 69.2 Å². The molecule has 0 atom stereocenters. The van der Waals surface area contributed by atoms with Gasteiger partial charge in [0, 0.05) is 30.4 Å². The lowest BCUT2D eigenvalue weighted by molar-refractivity contribution is -0.131. The van der Waals surface area contributed by atoms with Crippen LogP contribution >= 0.6 is 12.4 Å².